The van der Waals surface area contributed by atoms with Gasteiger partial charge in [-0.15, -0.1) is 0 Å². The molecule has 1 atom stereocenters. The number of ether oxygens (including phenoxy) is 2. The number of rotatable bonds is 9. The average Bonchev–Trinajstić information content (AvgIpc) is 2.74. The van der Waals surface area contributed by atoms with E-state index in [0.717, 1.165) is 12.7 Å². The lowest BCUT2D eigenvalue weighted by Crippen LogP contribution is -2.09. The van der Waals surface area contributed by atoms with E-state index in [4.69, 9.17) is 9.47 Å². The number of hydrogen-bond acceptors (Lipinski definition) is 3. The summed E-state index contributed by atoms with van der Waals surface area (Å²) in [6.45, 7) is 3.20. The predicted molar refractivity (Wildman–Crippen MR) is 108 cm³/mol. The number of benzene rings is 3. The third-order valence-corrected chi connectivity index (χ3v) is 4.45. The molecule has 3 nitrogen and oxygen atoms in total. The molecule has 0 N–H and O–H groups in total. The van der Waals surface area contributed by atoms with Crippen molar-refractivity contribution in [1.29, 1.82) is 0 Å². The lowest BCUT2D eigenvalue weighted by atomic mass is 10.0. The van der Waals surface area contributed by atoms with Gasteiger partial charge in [0.2, 0.25) is 0 Å². The minimum Gasteiger partial charge on any atom is -0.489 e. The van der Waals surface area contributed by atoms with E-state index < -0.39 is 0 Å². The number of carbonyl (C=O) groups excluding carboxylic acids is 1. The third-order valence-electron chi connectivity index (χ3n) is 4.45. The molecule has 3 aromatic carbocycles. The fraction of sp³-hybridized carbons (Fsp3) is 0.208. The summed E-state index contributed by atoms with van der Waals surface area (Å²) in [6.07, 6.45) is 1.62. The maximum atomic E-state index is 11.1. The van der Waals surface area contributed by atoms with E-state index in [-0.39, 0.29) is 5.92 Å². The molecule has 0 radical (unpaired) electrons. The molecule has 0 aliphatic carbocycles. The topological polar surface area (TPSA) is 35.5 Å². The molecule has 0 amide bonds. The van der Waals surface area contributed by atoms with Crippen molar-refractivity contribution in [3.8, 4) is 11.5 Å². The van der Waals surface area contributed by atoms with Crippen molar-refractivity contribution in [2.75, 3.05) is 13.2 Å². The Hall–Kier alpha value is -3.07. The van der Waals surface area contributed by atoms with E-state index in [2.05, 4.69) is 31.2 Å². The van der Waals surface area contributed by atoms with Gasteiger partial charge in [-0.3, -0.25) is 4.79 Å². The van der Waals surface area contributed by atoms with Gasteiger partial charge in [0.05, 0.1) is 13.2 Å². The van der Waals surface area contributed by atoms with Gasteiger partial charge in [0.25, 0.3) is 0 Å². The molecule has 0 heterocycles. The van der Waals surface area contributed by atoms with Gasteiger partial charge < -0.3 is 9.47 Å². The van der Waals surface area contributed by atoms with Crippen LogP contribution < -0.4 is 9.47 Å². The van der Waals surface area contributed by atoms with Crippen LogP contribution in [0.1, 0.15) is 34.3 Å². The number of aldehydes is 1. The molecule has 0 spiro atoms. The molecule has 3 heteroatoms. The Kier molecular flexibility index (Phi) is 6.64. The second-order valence-corrected chi connectivity index (χ2v) is 6.53. The van der Waals surface area contributed by atoms with Crippen LogP contribution in [0.3, 0.4) is 0 Å². The summed E-state index contributed by atoms with van der Waals surface area (Å²) >= 11 is 0. The van der Waals surface area contributed by atoms with Crippen LogP contribution >= 0.6 is 0 Å². The van der Waals surface area contributed by atoms with E-state index in [1.165, 1.54) is 11.1 Å². The van der Waals surface area contributed by atoms with Gasteiger partial charge in [0.1, 0.15) is 6.29 Å². The molecule has 0 saturated carbocycles. The second kappa shape index (κ2) is 9.58. The summed E-state index contributed by atoms with van der Waals surface area (Å²) in [5.74, 6) is 1.53. The van der Waals surface area contributed by atoms with Crippen molar-refractivity contribution in [2.45, 2.75) is 19.3 Å². The van der Waals surface area contributed by atoms with Crippen molar-refractivity contribution in [2.24, 2.45) is 0 Å². The quantitative estimate of drug-likeness (QED) is 0.486. The minimum atomic E-state index is 0.258. The largest absolute Gasteiger partial charge is 0.489 e. The molecule has 0 fully saturated rings. The Bertz CT molecular complexity index is 844. The zero-order valence-corrected chi connectivity index (χ0v) is 15.5. The van der Waals surface area contributed by atoms with Gasteiger partial charge in [-0.1, -0.05) is 67.6 Å². The third kappa shape index (κ3) is 5.45. The fourth-order valence-electron chi connectivity index (χ4n) is 2.85. The van der Waals surface area contributed by atoms with E-state index in [1.807, 2.05) is 36.4 Å². The Morgan fingerprint density at radius 2 is 1.56 bits per heavy atom. The predicted octanol–water partition coefficient (Wildman–Crippen LogP) is 5.30. The highest BCUT2D eigenvalue weighted by Crippen LogP contribution is 2.29. The molecule has 3 rings (SSSR count). The zero-order valence-electron chi connectivity index (χ0n) is 15.5. The van der Waals surface area contributed by atoms with Crippen molar-refractivity contribution < 1.29 is 14.3 Å². The van der Waals surface area contributed by atoms with Crippen molar-refractivity contribution in [3.05, 3.63) is 95.6 Å². The van der Waals surface area contributed by atoms with Crippen LogP contribution in [0, 0.1) is 0 Å². The van der Waals surface area contributed by atoms with Crippen LogP contribution in [0.15, 0.2) is 78.9 Å². The molecule has 1 unspecified atom stereocenters. The average molecular weight is 360 g/mol. The molecule has 0 saturated heterocycles. The monoisotopic (exact) mass is 360 g/mol. The SMILES string of the molecule is CC(COc1ccc(C=O)cc1OCCc1ccccc1)c1ccccc1. The first-order valence-electron chi connectivity index (χ1n) is 9.20. The summed E-state index contributed by atoms with van der Waals surface area (Å²) in [6, 6.07) is 25.7. The Balaban J connectivity index is 1.64. The molecule has 0 bridgehead atoms. The lowest BCUT2D eigenvalue weighted by molar-refractivity contribution is 0.112. The van der Waals surface area contributed by atoms with Crippen LogP contribution in [0.4, 0.5) is 0 Å². The smallest absolute Gasteiger partial charge is 0.161 e. The molecule has 138 valence electrons. The lowest BCUT2D eigenvalue weighted by Gasteiger charge is -2.17. The van der Waals surface area contributed by atoms with E-state index in [1.54, 1.807) is 18.2 Å². The molecule has 27 heavy (non-hydrogen) atoms. The Morgan fingerprint density at radius 1 is 0.852 bits per heavy atom. The van der Waals surface area contributed by atoms with E-state index in [0.29, 0.717) is 30.3 Å². The van der Waals surface area contributed by atoms with Crippen LogP contribution in [0.2, 0.25) is 0 Å². The standard InChI is InChI=1S/C24H24O3/c1-19(22-10-6-3-7-11-22)18-27-23-13-12-21(17-25)16-24(23)26-15-14-20-8-4-2-5-9-20/h2-13,16-17,19H,14-15,18H2,1H3. The van der Waals surface area contributed by atoms with Crippen molar-refractivity contribution in [3.63, 3.8) is 0 Å². The number of hydrogen-bond donors (Lipinski definition) is 0. The highest BCUT2D eigenvalue weighted by molar-refractivity contribution is 5.76. The van der Waals surface area contributed by atoms with E-state index in [9.17, 15) is 4.79 Å². The number of carbonyl (C=O) groups is 1. The summed E-state index contributed by atoms with van der Waals surface area (Å²) in [4.78, 5) is 11.1. The summed E-state index contributed by atoms with van der Waals surface area (Å²) < 4.78 is 12.0. The fourth-order valence-corrected chi connectivity index (χ4v) is 2.85. The first-order valence-corrected chi connectivity index (χ1v) is 9.20. The highest BCUT2D eigenvalue weighted by Gasteiger charge is 2.11. The maximum Gasteiger partial charge on any atom is 0.161 e. The molecule has 0 aromatic heterocycles. The second-order valence-electron chi connectivity index (χ2n) is 6.53. The Labute approximate surface area is 160 Å². The van der Waals surface area contributed by atoms with Crippen molar-refractivity contribution in [1.82, 2.24) is 0 Å². The van der Waals surface area contributed by atoms with Gasteiger partial charge in [0, 0.05) is 17.9 Å². The Morgan fingerprint density at radius 3 is 2.26 bits per heavy atom. The van der Waals surface area contributed by atoms with Gasteiger partial charge in [-0.05, 0) is 29.3 Å². The normalized spacial score (nSPS) is 11.6. The van der Waals surface area contributed by atoms with E-state index >= 15 is 0 Å². The highest BCUT2D eigenvalue weighted by atomic mass is 16.5. The maximum absolute atomic E-state index is 11.1. The van der Waals surface area contributed by atoms with Gasteiger partial charge >= 0.3 is 0 Å². The summed E-state index contributed by atoms with van der Waals surface area (Å²) in [5.41, 5.74) is 3.02. The molecule has 0 aliphatic rings. The van der Waals surface area contributed by atoms with Crippen molar-refractivity contribution >= 4 is 6.29 Å². The molecule has 3 aromatic rings. The first-order chi connectivity index (χ1) is 13.3. The molecular weight excluding hydrogens is 336 g/mol. The molecular formula is C24H24O3. The summed E-state index contributed by atoms with van der Waals surface area (Å²) in [5, 5.41) is 0. The first kappa shape index (κ1) is 18.7. The van der Waals surface area contributed by atoms with Gasteiger partial charge in [0.15, 0.2) is 11.5 Å². The van der Waals surface area contributed by atoms with Crippen LogP contribution in [0.5, 0.6) is 11.5 Å². The van der Waals surface area contributed by atoms with Crippen LogP contribution in [-0.2, 0) is 6.42 Å². The summed E-state index contributed by atoms with van der Waals surface area (Å²) in [7, 11) is 0. The minimum absolute atomic E-state index is 0.258. The zero-order chi connectivity index (χ0) is 18.9. The molecule has 0 aliphatic heterocycles. The van der Waals surface area contributed by atoms with Crippen LogP contribution in [0.25, 0.3) is 0 Å². The van der Waals surface area contributed by atoms with Crippen LogP contribution in [-0.4, -0.2) is 19.5 Å². The van der Waals surface area contributed by atoms with Gasteiger partial charge in [-0.25, -0.2) is 0 Å². The van der Waals surface area contributed by atoms with Gasteiger partial charge in [-0.2, -0.15) is 0 Å².